The molecule has 0 bridgehead atoms. The zero-order valence-electron chi connectivity index (χ0n) is 21.2. The molecule has 1 fully saturated rings. The monoisotopic (exact) mass is 583 g/mol. The van der Waals surface area contributed by atoms with Crippen LogP contribution in [0.25, 0.3) is 0 Å². The Labute approximate surface area is 238 Å². The molecule has 2 aromatic carbocycles. The fourth-order valence-corrected chi connectivity index (χ4v) is 4.96. The molecule has 1 saturated heterocycles. The third-order valence-electron chi connectivity index (χ3n) is 6.77. The normalized spacial score (nSPS) is 20.2. The number of carbonyl (C=O) groups excluding carboxylic acids is 1. The lowest BCUT2D eigenvalue weighted by Gasteiger charge is -2.30. The molecule has 10 heteroatoms. The summed E-state index contributed by atoms with van der Waals surface area (Å²) in [5.41, 5.74) is 2.20. The predicted octanol–water partition coefficient (Wildman–Crippen LogP) is 5.53. The smallest absolute Gasteiger partial charge is 0.272 e. The lowest BCUT2D eigenvalue weighted by Crippen LogP contribution is -2.51. The number of benzene rings is 2. The number of carbonyl (C=O) groups is 1. The van der Waals surface area contributed by atoms with Gasteiger partial charge in [0.05, 0.1) is 25.4 Å². The summed E-state index contributed by atoms with van der Waals surface area (Å²) in [6.07, 6.45) is 4.84. The van der Waals surface area contributed by atoms with E-state index >= 15 is 0 Å². The SMILES string of the molecule is O=C(NC1(Cc2ccc(F)cc2)C=C(CNc2cccc(OCCCN3CCOCC3)c2)CC1)C(Cl)(Cl)Cl. The van der Waals surface area contributed by atoms with E-state index in [4.69, 9.17) is 44.3 Å². The summed E-state index contributed by atoms with van der Waals surface area (Å²) in [6, 6.07) is 14.1. The zero-order chi connectivity index (χ0) is 27.0. The molecule has 38 heavy (non-hydrogen) atoms. The van der Waals surface area contributed by atoms with Gasteiger partial charge in [-0.1, -0.05) is 64.7 Å². The number of ether oxygens (including phenoxy) is 2. The van der Waals surface area contributed by atoms with Gasteiger partial charge in [-0.3, -0.25) is 9.69 Å². The Balaban J connectivity index is 1.34. The van der Waals surface area contributed by atoms with Crippen LogP contribution in [0.5, 0.6) is 5.75 Å². The van der Waals surface area contributed by atoms with E-state index in [1.54, 1.807) is 12.1 Å². The zero-order valence-corrected chi connectivity index (χ0v) is 23.4. The number of anilines is 1. The highest BCUT2D eigenvalue weighted by atomic mass is 35.6. The van der Waals surface area contributed by atoms with Crippen molar-refractivity contribution in [3.8, 4) is 5.75 Å². The van der Waals surface area contributed by atoms with E-state index in [-0.39, 0.29) is 5.82 Å². The molecular weight excluding hydrogens is 552 g/mol. The van der Waals surface area contributed by atoms with Gasteiger partial charge in [-0.05, 0) is 55.5 Å². The van der Waals surface area contributed by atoms with E-state index in [0.29, 0.717) is 26.0 Å². The minimum absolute atomic E-state index is 0.316. The third-order valence-corrected chi connectivity index (χ3v) is 7.29. The van der Waals surface area contributed by atoms with E-state index in [2.05, 4.69) is 15.5 Å². The maximum atomic E-state index is 13.4. The Hall–Kier alpha value is -2.03. The van der Waals surface area contributed by atoms with Crippen LogP contribution in [0.15, 0.2) is 60.2 Å². The Morgan fingerprint density at radius 3 is 2.63 bits per heavy atom. The highest BCUT2D eigenvalue weighted by molar-refractivity contribution is 6.76. The van der Waals surface area contributed by atoms with Gasteiger partial charge in [0.25, 0.3) is 9.70 Å². The second kappa shape index (κ2) is 13.4. The molecular formula is C28H33Cl3FN3O3. The lowest BCUT2D eigenvalue weighted by atomic mass is 9.90. The van der Waals surface area contributed by atoms with Gasteiger partial charge in [0.2, 0.25) is 0 Å². The molecule has 1 heterocycles. The molecule has 6 nitrogen and oxygen atoms in total. The van der Waals surface area contributed by atoms with Crippen molar-refractivity contribution < 1.29 is 18.7 Å². The molecule has 2 aliphatic rings. The van der Waals surface area contributed by atoms with Crippen molar-refractivity contribution in [2.75, 3.05) is 51.3 Å². The van der Waals surface area contributed by atoms with Gasteiger partial charge in [-0.15, -0.1) is 0 Å². The molecule has 1 atom stereocenters. The molecule has 0 saturated carbocycles. The van der Waals surface area contributed by atoms with Crippen LogP contribution in [0.2, 0.25) is 0 Å². The number of amides is 1. The van der Waals surface area contributed by atoms with Crippen LogP contribution in [0.1, 0.15) is 24.8 Å². The van der Waals surface area contributed by atoms with Crippen molar-refractivity contribution in [3.63, 3.8) is 0 Å². The number of nitrogens with one attached hydrogen (secondary N) is 2. The van der Waals surface area contributed by atoms with E-state index in [1.165, 1.54) is 12.1 Å². The molecule has 4 rings (SSSR count). The quantitative estimate of drug-likeness (QED) is 0.207. The van der Waals surface area contributed by atoms with Gasteiger partial charge in [-0.25, -0.2) is 4.39 Å². The number of alkyl halides is 3. The van der Waals surface area contributed by atoms with Crippen LogP contribution in [-0.4, -0.2) is 66.1 Å². The number of halogens is 4. The molecule has 0 spiro atoms. The van der Waals surface area contributed by atoms with Crippen molar-refractivity contribution in [1.82, 2.24) is 10.2 Å². The second-order valence-corrected chi connectivity index (χ2v) is 12.0. The van der Waals surface area contributed by atoms with Gasteiger partial charge >= 0.3 is 0 Å². The van der Waals surface area contributed by atoms with Crippen molar-refractivity contribution in [2.45, 2.75) is 35.0 Å². The predicted molar refractivity (Wildman–Crippen MR) is 151 cm³/mol. The molecule has 0 aromatic heterocycles. The van der Waals surface area contributed by atoms with Gasteiger partial charge in [-0.2, -0.15) is 0 Å². The summed E-state index contributed by atoms with van der Waals surface area (Å²) in [5, 5.41) is 6.37. The van der Waals surface area contributed by atoms with Gasteiger partial charge in [0.1, 0.15) is 11.6 Å². The topological polar surface area (TPSA) is 62.8 Å². The van der Waals surface area contributed by atoms with Crippen LogP contribution in [-0.2, 0) is 16.0 Å². The Morgan fingerprint density at radius 2 is 1.89 bits per heavy atom. The summed E-state index contributed by atoms with van der Waals surface area (Å²) in [4.78, 5) is 15.0. The molecule has 2 N–H and O–H groups in total. The standard InChI is InChI=1S/C28H33Cl3FN3O3/c29-28(30,31)26(36)34-27(18-21-5-7-23(32)8-6-21)10-9-22(19-27)20-33-24-3-1-4-25(17-24)38-14-2-11-35-12-15-37-16-13-35/h1,3-8,17,19,33H,2,9-16,18,20H2,(H,34,36). The van der Waals surface area contributed by atoms with Crippen molar-refractivity contribution in [3.05, 3.63) is 71.6 Å². The number of nitrogens with zero attached hydrogens (tertiary/aromatic N) is 1. The van der Waals surface area contributed by atoms with E-state index < -0.39 is 15.2 Å². The van der Waals surface area contributed by atoms with E-state index in [0.717, 1.165) is 68.3 Å². The Bertz CT molecular complexity index is 1100. The van der Waals surface area contributed by atoms with E-state index in [1.807, 2.05) is 30.3 Å². The average Bonchev–Trinajstić information content (AvgIpc) is 3.29. The Morgan fingerprint density at radius 1 is 1.13 bits per heavy atom. The largest absolute Gasteiger partial charge is 0.493 e. The van der Waals surface area contributed by atoms with Crippen molar-refractivity contribution in [2.24, 2.45) is 0 Å². The summed E-state index contributed by atoms with van der Waals surface area (Å²) < 4.78 is 22.7. The maximum absolute atomic E-state index is 13.4. The molecule has 0 radical (unpaired) electrons. The molecule has 1 amide bonds. The number of morpholine rings is 1. The first-order valence-corrected chi connectivity index (χ1v) is 14.0. The highest BCUT2D eigenvalue weighted by Gasteiger charge is 2.40. The third kappa shape index (κ3) is 8.75. The average molecular weight is 585 g/mol. The minimum Gasteiger partial charge on any atom is -0.493 e. The molecule has 2 aromatic rings. The molecule has 206 valence electrons. The first-order chi connectivity index (χ1) is 18.2. The van der Waals surface area contributed by atoms with Crippen LogP contribution < -0.4 is 15.4 Å². The minimum atomic E-state index is -2.08. The van der Waals surface area contributed by atoms with Crippen LogP contribution in [0.4, 0.5) is 10.1 Å². The van der Waals surface area contributed by atoms with E-state index in [9.17, 15) is 9.18 Å². The lowest BCUT2D eigenvalue weighted by molar-refractivity contribution is -0.121. The van der Waals surface area contributed by atoms with Crippen molar-refractivity contribution in [1.29, 1.82) is 0 Å². The van der Waals surface area contributed by atoms with Crippen LogP contribution >= 0.6 is 34.8 Å². The summed E-state index contributed by atoms with van der Waals surface area (Å²) in [7, 11) is 0. The summed E-state index contributed by atoms with van der Waals surface area (Å²) in [5.74, 6) is -0.185. The number of hydrogen-bond acceptors (Lipinski definition) is 5. The fraction of sp³-hybridized carbons (Fsp3) is 0.464. The first kappa shape index (κ1) is 29.0. The first-order valence-electron chi connectivity index (χ1n) is 12.8. The highest BCUT2D eigenvalue weighted by Crippen LogP contribution is 2.35. The van der Waals surface area contributed by atoms with Crippen LogP contribution in [0, 0.1) is 5.82 Å². The van der Waals surface area contributed by atoms with Gasteiger partial charge in [0.15, 0.2) is 0 Å². The number of rotatable bonds is 11. The molecule has 1 aliphatic carbocycles. The molecule has 1 aliphatic heterocycles. The van der Waals surface area contributed by atoms with Crippen LogP contribution in [0.3, 0.4) is 0 Å². The summed E-state index contributed by atoms with van der Waals surface area (Å²) in [6.45, 7) is 5.82. The molecule has 1 unspecified atom stereocenters. The fourth-order valence-electron chi connectivity index (χ4n) is 4.82. The second-order valence-electron chi connectivity index (χ2n) is 9.75. The van der Waals surface area contributed by atoms with Gasteiger partial charge < -0.3 is 20.1 Å². The number of hydrogen-bond donors (Lipinski definition) is 2. The van der Waals surface area contributed by atoms with Gasteiger partial charge in [0, 0.05) is 37.9 Å². The maximum Gasteiger partial charge on any atom is 0.272 e. The summed E-state index contributed by atoms with van der Waals surface area (Å²) >= 11 is 17.5. The van der Waals surface area contributed by atoms with Crippen molar-refractivity contribution >= 4 is 46.4 Å². The Kier molecular flexibility index (Phi) is 10.2.